The highest BCUT2D eigenvalue weighted by molar-refractivity contribution is 5.67. The maximum atomic E-state index is 12.1. The zero-order valence-electron chi connectivity index (χ0n) is 17.4. The van der Waals surface area contributed by atoms with Crippen LogP contribution in [0.2, 0.25) is 0 Å². The van der Waals surface area contributed by atoms with E-state index in [-0.39, 0.29) is 30.5 Å². The average Bonchev–Trinajstić information content (AvgIpc) is 2.76. The summed E-state index contributed by atoms with van der Waals surface area (Å²) < 4.78 is 17.7. The van der Waals surface area contributed by atoms with Crippen molar-refractivity contribution in [2.45, 2.75) is 83.2 Å². The van der Waals surface area contributed by atoms with Crippen molar-refractivity contribution in [2.24, 2.45) is 0 Å². The van der Waals surface area contributed by atoms with Crippen LogP contribution in [-0.4, -0.2) is 53.5 Å². The van der Waals surface area contributed by atoms with E-state index in [0.29, 0.717) is 24.4 Å². The van der Waals surface area contributed by atoms with Gasteiger partial charge in [-0.15, -0.1) is 0 Å². The molecule has 0 spiro atoms. The number of carbonyl (C=O) groups is 1. The van der Waals surface area contributed by atoms with Crippen LogP contribution in [0.3, 0.4) is 0 Å². The van der Waals surface area contributed by atoms with Gasteiger partial charge in [-0.25, -0.2) is 4.79 Å². The lowest BCUT2D eigenvalue weighted by Crippen LogP contribution is -2.43. The van der Waals surface area contributed by atoms with Crippen LogP contribution in [0.1, 0.15) is 64.4 Å². The molecule has 0 bridgehead atoms. The summed E-state index contributed by atoms with van der Waals surface area (Å²) in [5.74, 6) is 0.614. The minimum atomic E-state index is -0.205. The van der Waals surface area contributed by atoms with Gasteiger partial charge in [0.05, 0.1) is 18.3 Å². The number of aromatic nitrogens is 1. The summed E-state index contributed by atoms with van der Waals surface area (Å²) in [5, 5.41) is 9.16. The third kappa shape index (κ3) is 6.07. The van der Waals surface area contributed by atoms with Crippen molar-refractivity contribution in [1.29, 1.82) is 5.26 Å². The van der Waals surface area contributed by atoms with Crippen molar-refractivity contribution in [1.82, 2.24) is 9.88 Å². The summed E-state index contributed by atoms with van der Waals surface area (Å²) in [6.07, 6.45) is 9.78. The summed E-state index contributed by atoms with van der Waals surface area (Å²) in [6, 6.07) is 3.88. The smallest absolute Gasteiger partial charge is 0.410 e. The lowest BCUT2D eigenvalue weighted by molar-refractivity contribution is -0.0658. The predicted octanol–water partition coefficient (Wildman–Crippen LogP) is 4.06. The monoisotopic (exact) mass is 401 g/mol. The Hall–Kier alpha value is -2.33. The van der Waals surface area contributed by atoms with Crippen LogP contribution in [0.25, 0.3) is 0 Å². The van der Waals surface area contributed by atoms with Gasteiger partial charge in [-0.3, -0.25) is 4.98 Å². The van der Waals surface area contributed by atoms with E-state index in [4.69, 9.17) is 19.5 Å². The SMILES string of the molecule is CC[C@H](C)OC(=O)N1CCC(O[C@H]2CC[C@H](Oc3ccncc3C#N)CC2)CC1. The van der Waals surface area contributed by atoms with Gasteiger partial charge in [0.2, 0.25) is 0 Å². The molecule has 1 saturated carbocycles. The van der Waals surface area contributed by atoms with Gasteiger partial charge in [0.15, 0.2) is 0 Å². The fourth-order valence-corrected chi connectivity index (χ4v) is 3.81. The number of pyridine rings is 1. The second-order valence-corrected chi connectivity index (χ2v) is 7.93. The lowest BCUT2D eigenvalue weighted by atomic mass is 9.94. The van der Waals surface area contributed by atoms with Crippen LogP contribution in [-0.2, 0) is 9.47 Å². The van der Waals surface area contributed by atoms with Gasteiger partial charge in [0.25, 0.3) is 0 Å². The standard InChI is InChI=1S/C22H31N3O4/c1-3-16(2)27-22(26)25-12-9-20(10-13-25)28-18-4-6-19(7-5-18)29-21-8-11-24-15-17(21)14-23/h8,11,15-16,18-20H,3-7,9-10,12-13H2,1-2H3/t16-,18-,19-/m0/s1. The van der Waals surface area contributed by atoms with Crippen LogP contribution in [0.5, 0.6) is 5.75 Å². The first-order valence-corrected chi connectivity index (χ1v) is 10.7. The number of rotatable bonds is 6. The second kappa shape index (κ2) is 10.4. The van der Waals surface area contributed by atoms with Crippen molar-refractivity contribution in [2.75, 3.05) is 13.1 Å². The molecule has 1 saturated heterocycles. The van der Waals surface area contributed by atoms with E-state index in [2.05, 4.69) is 11.1 Å². The molecule has 0 unspecified atom stereocenters. The minimum Gasteiger partial charge on any atom is -0.489 e. The number of nitriles is 1. The molecule has 1 aliphatic heterocycles. The molecule has 29 heavy (non-hydrogen) atoms. The Labute approximate surface area is 172 Å². The van der Waals surface area contributed by atoms with Crippen molar-refractivity contribution in [3.63, 3.8) is 0 Å². The van der Waals surface area contributed by atoms with Crippen molar-refractivity contribution in [3.05, 3.63) is 24.0 Å². The Morgan fingerprint density at radius 3 is 2.52 bits per heavy atom. The van der Waals surface area contributed by atoms with E-state index in [1.165, 1.54) is 6.20 Å². The first-order valence-electron chi connectivity index (χ1n) is 10.7. The largest absolute Gasteiger partial charge is 0.489 e. The lowest BCUT2D eigenvalue weighted by Gasteiger charge is -2.36. The fraction of sp³-hybridized carbons (Fsp3) is 0.682. The van der Waals surface area contributed by atoms with Gasteiger partial charge in [-0.2, -0.15) is 5.26 Å². The molecular formula is C22H31N3O4. The number of likely N-dealkylation sites (tertiary alicyclic amines) is 1. The van der Waals surface area contributed by atoms with Gasteiger partial charge >= 0.3 is 6.09 Å². The minimum absolute atomic E-state index is 0.0368. The van der Waals surface area contributed by atoms with E-state index in [9.17, 15) is 4.79 Å². The zero-order chi connectivity index (χ0) is 20.6. The normalized spacial score (nSPS) is 23.8. The molecule has 1 amide bonds. The van der Waals surface area contributed by atoms with Gasteiger partial charge in [0.1, 0.15) is 23.5 Å². The summed E-state index contributed by atoms with van der Waals surface area (Å²) >= 11 is 0. The van der Waals surface area contributed by atoms with Gasteiger partial charge in [-0.1, -0.05) is 6.92 Å². The van der Waals surface area contributed by atoms with E-state index in [1.807, 2.05) is 13.8 Å². The topological polar surface area (TPSA) is 84.7 Å². The number of nitrogens with zero attached hydrogens (tertiary/aromatic N) is 3. The molecule has 7 nitrogen and oxygen atoms in total. The van der Waals surface area contributed by atoms with E-state index in [0.717, 1.165) is 44.9 Å². The molecule has 2 aliphatic rings. The number of ether oxygens (including phenoxy) is 3. The molecule has 1 aromatic heterocycles. The number of carbonyl (C=O) groups excluding carboxylic acids is 1. The average molecular weight is 402 g/mol. The molecule has 0 radical (unpaired) electrons. The molecule has 3 rings (SSSR count). The molecule has 2 heterocycles. The second-order valence-electron chi connectivity index (χ2n) is 7.93. The molecule has 2 fully saturated rings. The van der Waals surface area contributed by atoms with Crippen LogP contribution in [0.15, 0.2) is 18.5 Å². The molecule has 1 aromatic rings. The molecular weight excluding hydrogens is 370 g/mol. The highest BCUT2D eigenvalue weighted by Gasteiger charge is 2.29. The van der Waals surface area contributed by atoms with Crippen molar-refractivity contribution in [3.8, 4) is 11.8 Å². The van der Waals surface area contributed by atoms with Crippen LogP contribution >= 0.6 is 0 Å². The first-order chi connectivity index (χ1) is 14.1. The van der Waals surface area contributed by atoms with Crippen LogP contribution in [0.4, 0.5) is 4.79 Å². The number of amides is 1. The number of piperidine rings is 1. The highest BCUT2D eigenvalue weighted by atomic mass is 16.6. The molecule has 7 heteroatoms. The maximum absolute atomic E-state index is 12.1. The quantitative estimate of drug-likeness (QED) is 0.715. The van der Waals surface area contributed by atoms with Crippen molar-refractivity contribution < 1.29 is 19.0 Å². The summed E-state index contributed by atoms with van der Waals surface area (Å²) in [6.45, 7) is 5.32. The Morgan fingerprint density at radius 2 is 1.86 bits per heavy atom. The summed E-state index contributed by atoms with van der Waals surface area (Å²) in [5.41, 5.74) is 0.476. The predicted molar refractivity (Wildman–Crippen MR) is 108 cm³/mol. The summed E-state index contributed by atoms with van der Waals surface area (Å²) in [7, 11) is 0. The first kappa shape index (κ1) is 21.4. The van der Waals surface area contributed by atoms with Gasteiger partial charge in [0, 0.05) is 25.5 Å². The Balaban J connectivity index is 1.37. The number of hydrogen-bond acceptors (Lipinski definition) is 6. The van der Waals surface area contributed by atoms with E-state index >= 15 is 0 Å². The van der Waals surface area contributed by atoms with Crippen LogP contribution < -0.4 is 4.74 Å². The third-order valence-electron chi connectivity index (χ3n) is 5.78. The van der Waals surface area contributed by atoms with Gasteiger partial charge < -0.3 is 19.1 Å². The van der Waals surface area contributed by atoms with E-state index < -0.39 is 0 Å². The summed E-state index contributed by atoms with van der Waals surface area (Å²) in [4.78, 5) is 17.9. The Bertz CT molecular complexity index is 704. The number of hydrogen-bond donors (Lipinski definition) is 0. The Kier molecular flexibility index (Phi) is 7.70. The van der Waals surface area contributed by atoms with Crippen LogP contribution in [0, 0.1) is 11.3 Å². The highest BCUT2D eigenvalue weighted by Crippen LogP contribution is 2.29. The molecule has 0 N–H and O–H groups in total. The Morgan fingerprint density at radius 1 is 1.21 bits per heavy atom. The molecule has 1 atom stereocenters. The van der Waals surface area contributed by atoms with Crippen molar-refractivity contribution >= 4 is 6.09 Å². The fourth-order valence-electron chi connectivity index (χ4n) is 3.81. The van der Waals surface area contributed by atoms with Gasteiger partial charge in [-0.05, 0) is 57.9 Å². The maximum Gasteiger partial charge on any atom is 0.410 e. The molecule has 0 aromatic carbocycles. The molecule has 158 valence electrons. The zero-order valence-corrected chi connectivity index (χ0v) is 17.4. The third-order valence-corrected chi connectivity index (χ3v) is 5.78. The molecule has 1 aliphatic carbocycles. The van der Waals surface area contributed by atoms with E-state index in [1.54, 1.807) is 17.2 Å².